The van der Waals surface area contributed by atoms with Crippen molar-refractivity contribution in [2.24, 2.45) is 5.92 Å². The molecule has 8 heteroatoms. The number of aromatic hydroxyl groups is 2. The van der Waals surface area contributed by atoms with Gasteiger partial charge in [-0.05, 0) is 55.0 Å². The number of rotatable bonds is 5. The van der Waals surface area contributed by atoms with E-state index in [0.29, 0.717) is 27.0 Å². The molecule has 2 N–H and O–H groups in total. The fourth-order valence-corrected chi connectivity index (χ4v) is 6.56. The van der Waals surface area contributed by atoms with Gasteiger partial charge in [-0.1, -0.05) is 36.9 Å². The van der Waals surface area contributed by atoms with E-state index in [1.807, 2.05) is 30.3 Å². The normalized spacial score (nSPS) is 15.5. The molecule has 0 spiro atoms. The molecule has 5 rings (SSSR count). The summed E-state index contributed by atoms with van der Waals surface area (Å²) in [5, 5.41) is 20.6. The fourth-order valence-electron chi connectivity index (χ4n) is 4.24. The van der Waals surface area contributed by atoms with Gasteiger partial charge in [0.15, 0.2) is 10.9 Å². The third-order valence-corrected chi connectivity index (χ3v) is 8.01. The Labute approximate surface area is 198 Å². The van der Waals surface area contributed by atoms with E-state index in [0.717, 1.165) is 30.9 Å². The summed E-state index contributed by atoms with van der Waals surface area (Å²) in [4.78, 5) is 33.3. The Hall–Kier alpha value is -3.10. The lowest BCUT2D eigenvalue weighted by molar-refractivity contribution is 0.102. The number of phenols is 2. The van der Waals surface area contributed by atoms with Gasteiger partial charge in [-0.3, -0.25) is 14.2 Å². The van der Waals surface area contributed by atoms with Crippen LogP contribution >= 0.6 is 23.1 Å². The number of fused-ring (bicyclic) bond motifs is 3. The fraction of sp³-hybridized carbons (Fsp3) is 0.240. The van der Waals surface area contributed by atoms with Crippen molar-refractivity contribution in [1.82, 2.24) is 9.55 Å². The predicted molar refractivity (Wildman–Crippen MR) is 131 cm³/mol. The molecule has 2 aromatic heterocycles. The van der Waals surface area contributed by atoms with Crippen molar-refractivity contribution in [2.45, 2.75) is 31.3 Å². The first kappa shape index (κ1) is 21.7. The van der Waals surface area contributed by atoms with E-state index < -0.39 is 0 Å². The second kappa shape index (κ2) is 8.68. The Bertz CT molecular complexity index is 1430. The Morgan fingerprint density at radius 2 is 2.00 bits per heavy atom. The van der Waals surface area contributed by atoms with Gasteiger partial charge in [-0.2, -0.15) is 0 Å². The van der Waals surface area contributed by atoms with Crippen molar-refractivity contribution in [1.29, 1.82) is 0 Å². The topological polar surface area (TPSA) is 92.4 Å². The summed E-state index contributed by atoms with van der Waals surface area (Å²) < 4.78 is 1.59. The summed E-state index contributed by atoms with van der Waals surface area (Å²) in [7, 11) is 0. The first-order valence-corrected chi connectivity index (χ1v) is 12.5. The Morgan fingerprint density at radius 3 is 2.76 bits per heavy atom. The van der Waals surface area contributed by atoms with Crippen LogP contribution in [0.15, 0.2) is 58.5 Å². The van der Waals surface area contributed by atoms with Crippen LogP contribution in [0.5, 0.6) is 11.5 Å². The number of para-hydroxylation sites is 1. The van der Waals surface area contributed by atoms with Crippen LogP contribution < -0.4 is 5.56 Å². The highest BCUT2D eigenvalue weighted by Gasteiger charge is 2.25. The number of phenolic OH excluding ortho intramolecular Hbond substituents is 2. The zero-order chi connectivity index (χ0) is 23.1. The monoisotopic (exact) mass is 478 g/mol. The molecule has 0 unspecified atom stereocenters. The van der Waals surface area contributed by atoms with E-state index in [1.54, 1.807) is 15.9 Å². The van der Waals surface area contributed by atoms with E-state index in [1.165, 1.54) is 28.8 Å². The van der Waals surface area contributed by atoms with E-state index in [4.69, 9.17) is 4.98 Å². The number of hydrogen-bond acceptors (Lipinski definition) is 7. The number of benzene rings is 2. The molecule has 1 atom stereocenters. The molecule has 0 saturated heterocycles. The van der Waals surface area contributed by atoms with Gasteiger partial charge in [-0.15, -0.1) is 11.3 Å². The minimum Gasteiger partial charge on any atom is -0.508 e. The molecule has 168 valence electrons. The van der Waals surface area contributed by atoms with Crippen molar-refractivity contribution in [3.63, 3.8) is 0 Å². The molecule has 6 nitrogen and oxygen atoms in total. The van der Waals surface area contributed by atoms with E-state index in [9.17, 15) is 19.8 Å². The van der Waals surface area contributed by atoms with Gasteiger partial charge < -0.3 is 10.2 Å². The van der Waals surface area contributed by atoms with Crippen LogP contribution in [0.1, 0.15) is 34.1 Å². The maximum atomic E-state index is 13.7. The van der Waals surface area contributed by atoms with E-state index in [-0.39, 0.29) is 34.2 Å². The standard InChI is InChI=1S/C25H22N2O4S2/c1-14-7-9-18-21(11-14)33-23-22(18)24(31)27(15-5-3-2-4-6-15)25(26-23)32-13-20(30)17-10-8-16(28)12-19(17)29/h2-6,8,10,12,14,28-29H,7,9,11,13H2,1H3/t14-/m0/s1. The average Bonchev–Trinajstić information content (AvgIpc) is 3.15. The molecule has 2 aromatic carbocycles. The summed E-state index contributed by atoms with van der Waals surface area (Å²) in [6, 6.07) is 13.2. The van der Waals surface area contributed by atoms with Crippen molar-refractivity contribution < 1.29 is 15.0 Å². The summed E-state index contributed by atoms with van der Waals surface area (Å²) in [5.41, 5.74) is 1.83. The number of Topliss-reactive ketones (excluding diaryl/α,β-unsaturated/α-hetero) is 1. The lowest BCUT2D eigenvalue weighted by Gasteiger charge is -2.17. The maximum absolute atomic E-state index is 13.7. The number of hydrogen-bond donors (Lipinski definition) is 2. The minimum absolute atomic E-state index is 0.00869. The highest BCUT2D eigenvalue weighted by molar-refractivity contribution is 7.99. The van der Waals surface area contributed by atoms with Gasteiger partial charge in [0.25, 0.3) is 5.56 Å². The van der Waals surface area contributed by atoms with Gasteiger partial charge in [0.1, 0.15) is 16.3 Å². The molecule has 2 heterocycles. The van der Waals surface area contributed by atoms with Crippen molar-refractivity contribution in [2.75, 3.05) is 5.75 Å². The maximum Gasteiger partial charge on any atom is 0.267 e. The average molecular weight is 479 g/mol. The van der Waals surface area contributed by atoms with Gasteiger partial charge in [0.05, 0.1) is 22.4 Å². The van der Waals surface area contributed by atoms with Crippen LogP contribution in [-0.4, -0.2) is 31.3 Å². The van der Waals surface area contributed by atoms with Crippen molar-refractivity contribution in [3.8, 4) is 17.2 Å². The van der Waals surface area contributed by atoms with Gasteiger partial charge in [0, 0.05) is 10.9 Å². The number of carbonyl (C=O) groups is 1. The molecule has 0 amide bonds. The van der Waals surface area contributed by atoms with Crippen molar-refractivity contribution >= 4 is 39.1 Å². The predicted octanol–water partition coefficient (Wildman–Crippen LogP) is 4.96. The SMILES string of the molecule is C[C@H]1CCc2c(sc3nc(SCC(=O)c4ccc(O)cc4O)n(-c4ccccc4)c(=O)c23)C1. The second-order valence-electron chi connectivity index (χ2n) is 8.32. The Balaban J connectivity index is 1.58. The molecule has 1 aliphatic carbocycles. The van der Waals surface area contributed by atoms with E-state index >= 15 is 0 Å². The molecule has 0 saturated carbocycles. The smallest absolute Gasteiger partial charge is 0.267 e. The molecular weight excluding hydrogens is 456 g/mol. The Kier molecular flexibility index (Phi) is 5.72. The van der Waals surface area contributed by atoms with Crippen LogP contribution in [0.4, 0.5) is 0 Å². The van der Waals surface area contributed by atoms with Crippen LogP contribution in [0.3, 0.4) is 0 Å². The van der Waals surface area contributed by atoms with Gasteiger partial charge >= 0.3 is 0 Å². The summed E-state index contributed by atoms with van der Waals surface area (Å²) in [5.74, 6) is -0.120. The highest BCUT2D eigenvalue weighted by Crippen LogP contribution is 2.37. The largest absolute Gasteiger partial charge is 0.508 e. The quantitative estimate of drug-likeness (QED) is 0.239. The van der Waals surface area contributed by atoms with Crippen LogP contribution in [-0.2, 0) is 12.8 Å². The lowest BCUT2D eigenvalue weighted by atomic mass is 9.89. The number of aromatic nitrogens is 2. The zero-order valence-electron chi connectivity index (χ0n) is 17.9. The number of nitrogens with zero attached hydrogens (tertiary/aromatic N) is 2. The van der Waals surface area contributed by atoms with Crippen LogP contribution in [0.25, 0.3) is 15.9 Å². The molecular formula is C25H22N2O4S2. The van der Waals surface area contributed by atoms with Crippen molar-refractivity contribution in [3.05, 3.63) is 74.9 Å². The lowest BCUT2D eigenvalue weighted by Crippen LogP contribution is -2.23. The summed E-state index contributed by atoms with van der Waals surface area (Å²) in [6.45, 7) is 2.23. The molecule has 33 heavy (non-hydrogen) atoms. The number of thioether (sulfide) groups is 1. The summed E-state index contributed by atoms with van der Waals surface area (Å²) in [6.07, 6.45) is 2.90. The van der Waals surface area contributed by atoms with Gasteiger partial charge in [0.2, 0.25) is 0 Å². The Morgan fingerprint density at radius 1 is 1.21 bits per heavy atom. The van der Waals surface area contributed by atoms with Gasteiger partial charge in [-0.25, -0.2) is 4.98 Å². The first-order chi connectivity index (χ1) is 15.9. The zero-order valence-corrected chi connectivity index (χ0v) is 19.6. The molecule has 1 aliphatic rings. The number of thiophene rings is 1. The summed E-state index contributed by atoms with van der Waals surface area (Å²) >= 11 is 2.75. The highest BCUT2D eigenvalue weighted by atomic mass is 32.2. The molecule has 0 bridgehead atoms. The molecule has 0 radical (unpaired) electrons. The first-order valence-electron chi connectivity index (χ1n) is 10.7. The third kappa shape index (κ3) is 4.05. The van der Waals surface area contributed by atoms with Crippen LogP contribution in [0, 0.1) is 5.92 Å². The third-order valence-electron chi connectivity index (χ3n) is 5.93. The number of carbonyl (C=O) groups excluding carboxylic acids is 1. The molecule has 0 aliphatic heterocycles. The second-order valence-corrected chi connectivity index (χ2v) is 10.3. The number of ketones is 1. The van der Waals surface area contributed by atoms with Crippen LogP contribution in [0.2, 0.25) is 0 Å². The molecule has 4 aromatic rings. The number of aryl methyl sites for hydroxylation is 1. The molecule has 0 fully saturated rings. The van der Waals surface area contributed by atoms with E-state index in [2.05, 4.69) is 6.92 Å². The minimum atomic E-state index is -0.314.